The van der Waals surface area contributed by atoms with Crippen LogP contribution in [0.5, 0.6) is 0 Å². The number of likely N-dealkylation sites (tertiary alicyclic amines) is 1. The summed E-state index contributed by atoms with van der Waals surface area (Å²) in [6.45, 7) is 4.97. The molecule has 1 aromatic carbocycles. The van der Waals surface area contributed by atoms with Gasteiger partial charge in [-0.3, -0.25) is 9.69 Å². The summed E-state index contributed by atoms with van der Waals surface area (Å²) >= 11 is 0. The predicted octanol–water partition coefficient (Wildman–Crippen LogP) is 1.97. The van der Waals surface area contributed by atoms with Gasteiger partial charge >= 0.3 is 0 Å². The summed E-state index contributed by atoms with van der Waals surface area (Å²) in [5.41, 5.74) is 1.05. The first kappa shape index (κ1) is 16.9. The van der Waals surface area contributed by atoms with E-state index in [2.05, 4.69) is 16.3 Å². The van der Waals surface area contributed by atoms with Crippen LogP contribution in [0.4, 0.5) is 5.69 Å². The molecule has 0 aliphatic carbocycles. The number of piperidine rings is 1. The van der Waals surface area contributed by atoms with Crippen molar-refractivity contribution in [2.45, 2.75) is 32.1 Å². The van der Waals surface area contributed by atoms with Gasteiger partial charge in [0.15, 0.2) is 6.29 Å². The average molecular weight is 329 g/mol. The number of nitrogens with one attached hydrogen (secondary N) is 1. The highest BCUT2D eigenvalue weighted by molar-refractivity contribution is 5.95. The zero-order chi connectivity index (χ0) is 16.9. The number of rotatable bonds is 4. The van der Waals surface area contributed by atoms with E-state index in [-0.39, 0.29) is 18.2 Å². The van der Waals surface area contributed by atoms with E-state index in [1.54, 1.807) is 18.2 Å². The van der Waals surface area contributed by atoms with Crippen LogP contribution in [-0.2, 0) is 14.3 Å². The predicted molar refractivity (Wildman–Crippen MR) is 89.2 cm³/mol. The van der Waals surface area contributed by atoms with Crippen molar-refractivity contribution >= 4 is 11.6 Å². The topological polar surface area (TPSA) is 74.6 Å². The number of carbonyl (C=O) groups is 1. The van der Waals surface area contributed by atoms with Crippen molar-refractivity contribution in [3.05, 3.63) is 29.8 Å². The maximum absolute atomic E-state index is 12.5. The summed E-state index contributed by atoms with van der Waals surface area (Å²) in [7, 11) is 0. The van der Waals surface area contributed by atoms with Gasteiger partial charge in [-0.2, -0.15) is 5.26 Å². The lowest BCUT2D eigenvalue weighted by Gasteiger charge is -2.36. The number of nitriles is 1. The number of hydrogen-bond donors (Lipinski definition) is 1. The number of para-hydroxylation sites is 1. The zero-order valence-corrected chi connectivity index (χ0v) is 13.9. The van der Waals surface area contributed by atoms with E-state index in [4.69, 9.17) is 14.7 Å². The van der Waals surface area contributed by atoms with Crippen molar-refractivity contribution in [1.29, 1.82) is 5.26 Å². The van der Waals surface area contributed by atoms with Gasteiger partial charge in [0, 0.05) is 5.92 Å². The molecule has 6 nitrogen and oxygen atoms in total. The minimum absolute atomic E-state index is 0.0706. The van der Waals surface area contributed by atoms with Gasteiger partial charge in [-0.15, -0.1) is 0 Å². The summed E-state index contributed by atoms with van der Waals surface area (Å²) in [6.07, 6.45) is 1.87. The van der Waals surface area contributed by atoms with Crippen LogP contribution in [0.15, 0.2) is 24.3 Å². The molecule has 0 bridgehead atoms. The summed E-state index contributed by atoms with van der Waals surface area (Å²) < 4.78 is 11.2. The Kier molecular flexibility index (Phi) is 5.46. The Labute approximate surface area is 142 Å². The molecule has 1 atom stereocenters. The maximum atomic E-state index is 12.5. The molecule has 0 saturated carbocycles. The molecule has 24 heavy (non-hydrogen) atoms. The highest BCUT2D eigenvalue weighted by atomic mass is 16.7. The zero-order valence-electron chi connectivity index (χ0n) is 13.9. The molecule has 2 heterocycles. The second kappa shape index (κ2) is 7.75. The van der Waals surface area contributed by atoms with Gasteiger partial charge in [0.1, 0.15) is 6.07 Å². The van der Waals surface area contributed by atoms with Crippen molar-refractivity contribution < 1.29 is 14.3 Å². The molecule has 0 aromatic heterocycles. The fraction of sp³-hybridized carbons (Fsp3) is 0.556. The van der Waals surface area contributed by atoms with Gasteiger partial charge in [0.2, 0.25) is 5.91 Å². The number of benzene rings is 1. The standard InChI is InChI=1S/C18H23N3O3/c1-13(17(22)20-16-5-3-2-4-15(16)12-19)21-8-6-14(7-9-21)18-23-10-11-24-18/h2-5,13-14,18H,6-11H2,1H3,(H,20,22). The Bertz CT molecular complexity index is 614. The average Bonchev–Trinajstić information content (AvgIpc) is 3.16. The largest absolute Gasteiger partial charge is 0.350 e. The van der Waals surface area contributed by atoms with Crippen molar-refractivity contribution in [3.63, 3.8) is 0 Å². The molecule has 1 N–H and O–H groups in total. The van der Waals surface area contributed by atoms with Crippen LogP contribution in [0.25, 0.3) is 0 Å². The number of ether oxygens (including phenoxy) is 2. The molecular weight excluding hydrogens is 306 g/mol. The van der Waals surface area contributed by atoms with Crippen LogP contribution < -0.4 is 5.32 Å². The van der Waals surface area contributed by atoms with Crippen LogP contribution >= 0.6 is 0 Å². The van der Waals surface area contributed by atoms with E-state index in [0.29, 0.717) is 30.4 Å². The second-order valence-electron chi connectivity index (χ2n) is 6.31. The Balaban J connectivity index is 1.54. The SMILES string of the molecule is CC(C(=O)Nc1ccccc1C#N)N1CCC(C2OCCO2)CC1. The Hall–Kier alpha value is -1.94. The summed E-state index contributed by atoms with van der Waals surface area (Å²) in [5.74, 6) is 0.336. The van der Waals surface area contributed by atoms with Gasteiger partial charge in [-0.25, -0.2) is 0 Å². The number of carbonyl (C=O) groups excluding carboxylic acids is 1. The fourth-order valence-corrected chi connectivity index (χ4v) is 3.32. The van der Waals surface area contributed by atoms with Crippen molar-refractivity contribution in [1.82, 2.24) is 4.90 Å². The van der Waals surface area contributed by atoms with E-state index in [1.165, 1.54) is 0 Å². The van der Waals surface area contributed by atoms with E-state index in [0.717, 1.165) is 25.9 Å². The molecule has 1 unspecified atom stereocenters. The first-order valence-electron chi connectivity index (χ1n) is 8.46. The minimum Gasteiger partial charge on any atom is -0.350 e. The van der Waals surface area contributed by atoms with Crippen LogP contribution in [0, 0.1) is 17.2 Å². The number of amides is 1. The Morgan fingerprint density at radius 2 is 1.96 bits per heavy atom. The summed E-state index contributed by atoms with van der Waals surface area (Å²) in [6, 6.07) is 8.92. The van der Waals surface area contributed by atoms with Gasteiger partial charge in [-0.1, -0.05) is 12.1 Å². The molecular formula is C18H23N3O3. The van der Waals surface area contributed by atoms with E-state index < -0.39 is 0 Å². The molecule has 2 saturated heterocycles. The Morgan fingerprint density at radius 1 is 1.29 bits per heavy atom. The van der Waals surface area contributed by atoms with Gasteiger partial charge in [-0.05, 0) is 45.0 Å². The van der Waals surface area contributed by atoms with Crippen molar-refractivity contribution in [2.24, 2.45) is 5.92 Å². The van der Waals surface area contributed by atoms with Crippen molar-refractivity contribution in [2.75, 3.05) is 31.6 Å². The minimum atomic E-state index is -0.233. The highest BCUT2D eigenvalue weighted by Gasteiger charge is 2.33. The summed E-state index contributed by atoms with van der Waals surface area (Å²) in [5, 5.41) is 12.0. The van der Waals surface area contributed by atoms with Gasteiger partial charge in [0.25, 0.3) is 0 Å². The maximum Gasteiger partial charge on any atom is 0.241 e. The molecule has 6 heteroatoms. The van der Waals surface area contributed by atoms with Crippen LogP contribution in [0.1, 0.15) is 25.3 Å². The summed E-state index contributed by atoms with van der Waals surface area (Å²) in [4.78, 5) is 14.7. The molecule has 128 valence electrons. The molecule has 1 amide bonds. The second-order valence-corrected chi connectivity index (χ2v) is 6.31. The molecule has 2 aliphatic rings. The number of nitrogens with zero attached hydrogens (tertiary/aromatic N) is 2. The van der Waals surface area contributed by atoms with E-state index in [9.17, 15) is 4.79 Å². The third kappa shape index (κ3) is 3.75. The third-order valence-corrected chi connectivity index (χ3v) is 4.84. The molecule has 3 rings (SSSR count). The third-order valence-electron chi connectivity index (χ3n) is 4.84. The van der Waals surface area contributed by atoms with Gasteiger partial charge in [0.05, 0.1) is 30.5 Å². The lowest BCUT2D eigenvalue weighted by Crippen LogP contribution is -2.47. The number of anilines is 1. The monoisotopic (exact) mass is 329 g/mol. The lowest BCUT2D eigenvalue weighted by molar-refractivity contribution is -0.123. The smallest absolute Gasteiger partial charge is 0.241 e. The van der Waals surface area contributed by atoms with E-state index in [1.807, 2.05) is 13.0 Å². The van der Waals surface area contributed by atoms with Gasteiger partial charge < -0.3 is 14.8 Å². The van der Waals surface area contributed by atoms with Crippen molar-refractivity contribution in [3.8, 4) is 6.07 Å². The normalized spacial score (nSPS) is 21.3. The molecule has 2 aliphatic heterocycles. The molecule has 0 spiro atoms. The first-order chi connectivity index (χ1) is 11.7. The molecule has 0 radical (unpaired) electrons. The number of hydrogen-bond acceptors (Lipinski definition) is 5. The van der Waals surface area contributed by atoms with Crippen LogP contribution in [0.3, 0.4) is 0 Å². The first-order valence-corrected chi connectivity index (χ1v) is 8.46. The molecule has 2 fully saturated rings. The fourth-order valence-electron chi connectivity index (χ4n) is 3.32. The highest BCUT2D eigenvalue weighted by Crippen LogP contribution is 2.27. The van der Waals surface area contributed by atoms with Crippen LogP contribution in [0.2, 0.25) is 0 Å². The van der Waals surface area contributed by atoms with E-state index >= 15 is 0 Å². The lowest BCUT2D eigenvalue weighted by atomic mass is 9.95. The van der Waals surface area contributed by atoms with Crippen LogP contribution in [-0.4, -0.2) is 49.4 Å². The Morgan fingerprint density at radius 3 is 2.62 bits per heavy atom. The quantitative estimate of drug-likeness (QED) is 0.914. The molecule has 1 aromatic rings.